The summed E-state index contributed by atoms with van der Waals surface area (Å²) in [5.74, 6) is 2.22. The highest BCUT2D eigenvalue weighted by Gasteiger charge is 2.66. The molecular weight excluding hydrogens is 464 g/mol. The van der Waals surface area contributed by atoms with Crippen molar-refractivity contribution < 1.29 is 24.1 Å². The largest absolute Gasteiger partial charge is 0.387 e. The van der Waals surface area contributed by atoms with Gasteiger partial charge in [0.25, 0.3) is 0 Å². The molecule has 5 rings (SSSR count). The van der Waals surface area contributed by atoms with E-state index in [0.29, 0.717) is 23.5 Å². The molecule has 4 aliphatic carbocycles. The number of allylic oxidation sites excluding steroid dienone is 2. The number of aliphatic hydroxyl groups is 1. The highest BCUT2D eigenvalue weighted by atomic mass is 16.7. The highest BCUT2D eigenvalue weighted by Crippen LogP contribution is 2.73. The van der Waals surface area contributed by atoms with Crippen LogP contribution in [-0.2, 0) is 19.0 Å². The Bertz CT molecular complexity index is 953. The van der Waals surface area contributed by atoms with Crippen LogP contribution in [0.2, 0.25) is 0 Å². The second-order valence-corrected chi connectivity index (χ2v) is 15.0. The Morgan fingerprint density at radius 2 is 1.78 bits per heavy atom. The molecule has 0 aromatic carbocycles. The predicted molar refractivity (Wildman–Crippen MR) is 145 cm³/mol. The fourth-order valence-electron chi connectivity index (χ4n) is 10.3. The van der Waals surface area contributed by atoms with Gasteiger partial charge < -0.3 is 19.3 Å². The molecule has 10 atom stereocenters. The summed E-state index contributed by atoms with van der Waals surface area (Å²) in [5, 5.41) is 11.1. The summed E-state index contributed by atoms with van der Waals surface area (Å²) >= 11 is 0. The number of hydrogen-bond donors (Lipinski definition) is 1. The zero-order valence-corrected chi connectivity index (χ0v) is 24.9. The van der Waals surface area contributed by atoms with E-state index in [0.717, 1.165) is 25.7 Å². The van der Waals surface area contributed by atoms with Crippen molar-refractivity contribution in [2.24, 2.45) is 45.3 Å². The summed E-state index contributed by atoms with van der Waals surface area (Å²) in [6.45, 7) is 15.9. The van der Waals surface area contributed by atoms with Crippen molar-refractivity contribution in [2.45, 2.75) is 124 Å². The van der Waals surface area contributed by atoms with Crippen LogP contribution in [-0.4, -0.2) is 49.2 Å². The van der Waals surface area contributed by atoms with E-state index in [1.807, 2.05) is 13.8 Å². The van der Waals surface area contributed by atoms with Gasteiger partial charge in [-0.3, -0.25) is 4.79 Å². The molecular formula is C32H52O5. The Morgan fingerprint density at radius 3 is 2.43 bits per heavy atom. The Hall–Kier alpha value is -0.750. The fraction of sp³-hybridized carbons (Fsp3) is 0.906. The number of methoxy groups -OCH3 is 2. The van der Waals surface area contributed by atoms with E-state index in [1.54, 1.807) is 19.8 Å². The van der Waals surface area contributed by atoms with Gasteiger partial charge >= 0.3 is 0 Å². The maximum Gasteiger partial charge on any atom is 0.160 e. The topological polar surface area (TPSA) is 65.0 Å². The number of rotatable bonds is 5. The molecule has 4 unspecified atom stereocenters. The predicted octanol–water partition coefficient (Wildman–Crippen LogP) is 6.32. The second kappa shape index (κ2) is 8.88. The molecule has 0 radical (unpaired) electrons. The summed E-state index contributed by atoms with van der Waals surface area (Å²) in [4.78, 5) is 12.9. The molecule has 0 spiro atoms. The fourth-order valence-corrected chi connectivity index (χ4v) is 10.3. The second-order valence-electron chi connectivity index (χ2n) is 15.0. The van der Waals surface area contributed by atoms with Crippen molar-refractivity contribution in [3.05, 3.63) is 11.6 Å². The first-order chi connectivity index (χ1) is 17.2. The quantitative estimate of drug-likeness (QED) is 0.433. The molecule has 37 heavy (non-hydrogen) atoms. The highest BCUT2D eigenvalue weighted by molar-refractivity contribution is 5.85. The lowest BCUT2D eigenvalue weighted by atomic mass is 9.41. The van der Waals surface area contributed by atoms with Crippen LogP contribution >= 0.6 is 0 Å². The number of aliphatic hydroxyl groups excluding tert-OH is 1. The van der Waals surface area contributed by atoms with Crippen molar-refractivity contribution in [3.8, 4) is 0 Å². The first-order valence-electron chi connectivity index (χ1n) is 14.8. The van der Waals surface area contributed by atoms with Gasteiger partial charge in [0.05, 0.1) is 11.7 Å². The molecule has 0 aromatic heterocycles. The monoisotopic (exact) mass is 516 g/mol. The van der Waals surface area contributed by atoms with Crippen LogP contribution in [0.1, 0.15) is 99.8 Å². The molecule has 1 heterocycles. The van der Waals surface area contributed by atoms with Crippen molar-refractivity contribution in [1.29, 1.82) is 0 Å². The third-order valence-electron chi connectivity index (χ3n) is 13.1. The molecule has 0 bridgehead atoms. The van der Waals surface area contributed by atoms with Gasteiger partial charge in [0.15, 0.2) is 6.29 Å². The van der Waals surface area contributed by atoms with E-state index < -0.39 is 11.7 Å². The van der Waals surface area contributed by atoms with E-state index >= 15 is 0 Å². The molecule has 1 aliphatic heterocycles. The van der Waals surface area contributed by atoms with Gasteiger partial charge in [-0.25, -0.2) is 0 Å². The number of carbonyl (C=O) groups is 1. The molecule has 1 N–H and O–H groups in total. The van der Waals surface area contributed by atoms with E-state index in [4.69, 9.17) is 14.2 Å². The van der Waals surface area contributed by atoms with Crippen LogP contribution in [0.3, 0.4) is 0 Å². The molecule has 1 saturated heterocycles. The van der Waals surface area contributed by atoms with Crippen molar-refractivity contribution in [1.82, 2.24) is 0 Å². The lowest BCUT2D eigenvalue weighted by Gasteiger charge is -2.63. The van der Waals surface area contributed by atoms with E-state index in [1.165, 1.54) is 25.7 Å². The summed E-state index contributed by atoms with van der Waals surface area (Å²) in [7, 11) is 3.40. The maximum absolute atomic E-state index is 12.9. The number of ether oxygens (including phenoxy) is 3. The summed E-state index contributed by atoms with van der Waals surface area (Å²) < 4.78 is 17.9. The minimum atomic E-state index is -0.702. The molecule has 3 saturated carbocycles. The lowest BCUT2D eigenvalue weighted by molar-refractivity contribution is -0.189. The normalized spacial score (nSPS) is 48.2. The summed E-state index contributed by atoms with van der Waals surface area (Å²) in [6, 6.07) is 0. The van der Waals surface area contributed by atoms with Crippen LogP contribution < -0.4 is 0 Å². The van der Waals surface area contributed by atoms with Gasteiger partial charge in [0.2, 0.25) is 0 Å². The van der Waals surface area contributed by atoms with Crippen molar-refractivity contribution in [3.63, 3.8) is 0 Å². The minimum Gasteiger partial charge on any atom is -0.387 e. The number of carbonyl (C=O) groups excluding carboxylic acids is 1. The Labute approximate surface area is 225 Å². The standard InChI is InChI=1S/C32H52O5/c1-28(2)24-11-10-22-21(30(24,5)15-14-25(28)33)13-17-31(6)20(12-16-32(22,31)7)19-18-23(37-27(19)35-8)26(34)29(3,4)36-9/h10,19-21,23-24,26-27,34H,11-18H2,1-9H3/t19?,20-,21?,23+,24?,26?,27-,30+,31-,32+/m0/s1. The molecule has 0 aromatic rings. The average molecular weight is 517 g/mol. The Kier molecular flexibility index (Phi) is 6.67. The van der Waals surface area contributed by atoms with Gasteiger partial charge in [0, 0.05) is 32.0 Å². The molecule has 5 heteroatoms. The third-order valence-corrected chi connectivity index (χ3v) is 13.1. The SMILES string of the molecule is CO[C@H]1O[C@@H](C(O)C(C)(C)OC)CC1[C@@H]1CC[C@]2(C)C3=CCC4C(C)(C)C(=O)CC[C@]4(C)C3CC[C@@]12C. The van der Waals surface area contributed by atoms with Crippen molar-refractivity contribution >= 4 is 5.78 Å². The number of Topliss-reactive ketones (excluding diaryl/α,β-unsaturated/α-hetero) is 1. The number of hydrogen-bond acceptors (Lipinski definition) is 5. The first-order valence-corrected chi connectivity index (χ1v) is 14.8. The summed E-state index contributed by atoms with van der Waals surface area (Å²) in [5.41, 5.74) is 1.32. The van der Waals surface area contributed by atoms with Gasteiger partial charge in [-0.2, -0.15) is 0 Å². The lowest BCUT2D eigenvalue weighted by Crippen LogP contribution is -2.57. The average Bonchev–Trinajstić information content (AvgIpc) is 3.39. The van der Waals surface area contributed by atoms with Crippen molar-refractivity contribution in [2.75, 3.05) is 14.2 Å². The zero-order chi connectivity index (χ0) is 27.2. The molecule has 5 nitrogen and oxygen atoms in total. The zero-order valence-electron chi connectivity index (χ0n) is 24.9. The Balaban J connectivity index is 1.44. The van der Waals surface area contributed by atoms with Gasteiger partial charge in [-0.1, -0.05) is 46.3 Å². The third kappa shape index (κ3) is 3.73. The molecule has 0 amide bonds. The van der Waals surface area contributed by atoms with Crippen LogP contribution in [0, 0.1) is 45.3 Å². The Morgan fingerprint density at radius 1 is 1.08 bits per heavy atom. The van der Waals surface area contributed by atoms with Gasteiger partial charge in [0.1, 0.15) is 11.9 Å². The molecule has 5 aliphatic rings. The van der Waals surface area contributed by atoms with E-state index in [2.05, 4.69) is 40.7 Å². The van der Waals surface area contributed by atoms with Gasteiger partial charge in [-0.05, 0) is 92.8 Å². The smallest absolute Gasteiger partial charge is 0.160 e. The maximum atomic E-state index is 12.9. The first kappa shape index (κ1) is 27.8. The minimum absolute atomic E-state index is 0.154. The number of fused-ring (bicyclic) bond motifs is 5. The van der Waals surface area contributed by atoms with E-state index in [-0.39, 0.29) is 40.0 Å². The van der Waals surface area contributed by atoms with E-state index in [9.17, 15) is 9.90 Å². The molecule has 4 fully saturated rings. The van der Waals surface area contributed by atoms with Crippen LogP contribution in [0.25, 0.3) is 0 Å². The van der Waals surface area contributed by atoms with Crippen LogP contribution in [0.5, 0.6) is 0 Å². The van der Waals surface area contributed by atoms with Gasteiger partial charge in [-0.15, -0.1) is 0 Å². The molecule has 210 valence electrons. The van der Waals surface area contributed by atoms with Crippen LogP contribution in [0.4, 0.5) is 0 Å². The number of ketones is 1. The van der Waals surface area contributed by atoms with Crippen LogP contribution in [0.15, 0.2) is 11.6 Å². The summed E-state index contributed by atoms with van der Waals surface area (Å²) in [6.07, 6.45) is 9.70.